The monoisotopic (exact) mass is 455 g/mol. The quantitative estimate of drug-likeness (QED) is 0.412. The number of nitrogens with zero attached hydrogens (tertiary/aromatic N) is 3. The number of carbonyl (C=O) groups is 1. The maximum atomic E-state index is 12.9. The topological polar surface area (TPSA) is 108 Å². The smallest absolute Gasteiger partial charge is 0.225 e. The van der Waals surface area contributed by atoms with Crippen LogP contribution in [0, 0.1) is 12.3 Å². The molecule has 4 aromatic rings. The maximum absolute atomic E-state index is 12.9. The molecule has 1 aliphatic carbocycles. The van der Waals surface area contributed by atoms with E-state index in [1.807, 2.05) is 37.3 Å². The Kier molecular flexibility index (Phi) is 4.85. The molecule has 1 amide bonds. The predicted molar refractivity (Wildman–Crippen MR) is 133 cm³/mol. The summed E-state index contributed by atoms with van der Waals surface area (Å²) in [6.45, 7) is 2.21. The van der Waals surface area contributed by atoms with Crippen LogP contribution in [0.2, 0.25) is 0 Å². The van der Waals surface area contributed by atoms with Gasteiger partial charge in [0.15, 0.2) is 0 Å². The third-order valence-corrected chi connectivity index (χ3v) is 7.56. The van der Waals surface area contributed by atoms with E-state index in [-0.39, 0.29) is 18.6 Å². The maximum Gasteiger partial charge on any atom is 0.225 e. The van der Waals surface area contributed by atoms with Gasteiger partial charge in [0.05, 0.1) is 29.0 Å². The Bertz CT molecular complexity index is 1390. The van der Waals surface area contributed by atoms with Gasteiger partial charge in [-0.25, -0.2) is 9.97 Å². The van der Waals surface area contributed by atoms with Crippen molar-refractivity contribution in [3.05, 3.63) is 65.5 Å². The van der Waals surface area contributed by atoms with Gasteiger partial charge in [-0.15, -0.1) is 0 Å². The molecule has 2 aliphatic rings. The summed E-state index contributed by atoms with van der Waals surface area (Å²) in [5.41, 5.74) is 9.54. The zero-order valence-corrected chi connectivity index (χ0v) is 19.3. The number of amides is 1. The molecule has 1 saturated carbocycles. The van der Waals surface area contributed by atoms with Crippen LogP contribution in [-0.4, -0.2) is 45.2 Å². The standard InChI is InChI=1S/C27H29N5O2/c1-16-29-24-22(21-9-5-8-20(18-10-11-18)23(21)31-24)25(30-16)32-15-27(26(28)34,13-19(32)14-33)12-17-6-3-2-4-7-17/h2-9,18-19,33H,10-15H2,1H3,(H2,28,34)(H,29,30,31)/t19-,27-/m0/s1. The summed E-state index contributed by atoms with van der Waals surface area (Å²) in [5, 5.41) is 12.4. The van der Waals surface area contributed by atoms with Crippen molar-refractivity contribution in [3.63, 3.8) is 0 Å². The molecule has 34 heavy (non-hydrogen) atoms. The van der Waals surface area contributed by atoms with Crippen LogP contribution in [0.5, 0.6) is 0 Å². The van der Waals surface area contributed by atoms with Crippen molar-refractivity contribution >= 4 is 33.7 Å². The molecular weight excluding hydrogens is 426 g/mol. The molecule has 7 heteroatoms. The van der Waals surface area contributed by atoms with Gasteiger partial charge in [0.1, 0.15) is 17.3 Å². The van der Waals surface area contributed by atoms with E-state index in [2.05, 4.69) is 28.1 Å². The number of fused-ring (bicyclic) bond motifs is 3. The molecule has 2 aromatic carbocycles. The van der Waals surface area contributed by atoms with E-state index in [0.29, 0.717) is 31.1 Å². The lowest BCUT2D eigenvalue weighted by atomic mass is 9.79. The number of hydrogen-bond acceptors (Lipinski definition) is 5. The zero-order valence-electron chi connectivity index (χ0n) is 19.3. The highest BCUT2D eigenvalue weighted by Crippen LogP contribution is 2.46. The Balaban J connectivity index is 1.50. The van der Waals surface area contributed by atoms with Crippen LogP contribution < -0.4 is 10.6 Å². The van der Waals surface area contributed by atoms with Gasteiger partial charge in [-0.1, -0.05) is 48.5 Å². The SMILES string of the molecule is Cc1nc(N2C[C@@](Cc3ccccc3)(C(N)=O)C[C@H]2CO)c2c(n1)[nH]c1c(C3CC3)cccc12. The number of para-hydroxylation sites is 1. The third-order valence-electron chi connectivity index (χ3n) is 7.56. The molecule has 1 saturated heterocycles. The summed E-state index contributed by atoms with van der Waals surface area (Å²) in [6, 6.07) is 16.1. The van der Waals surface area contributed by atoms with Gasteiger partial charge in [0, 0.05) is 11.9 Å². The number of primary amides is 1. The van der Waals surface area contributed by atoms with Crippen LogP contribution in [0.25, 0.3) is 21.9 Å². The Morgan fingerprint density at radius 1 is 1.18 bits per heavy atom. The van der Waals surface area contributed by atoms with E-state index in [4.69, 9.17) is 15.7 Å². The first-order chi connectivity index (χ1) is 16.5. The van der Waals surface area contributed by atoms with Gasteiger partial charge < -0.3 is 20.7 Å². The molecule has 0 unspecified atom stereocenters. The highest BCUT2D eigenvalue weighted by molar-refractivity contribution is 6.12. The molecule has 2 atom stereocenters. The Hall–Kier alpha value is -3.45. The van der Waals surface area contributed by atoms with Crippen LogP contribution in [0.1, 0.15) is 42.1 Å². The number of aromatic amines is 1. The van der Waals surface area contributed by atoms with Gasteiger partial charge >= 0.3 is 0 Å². The number of aromatic nitrogens is 3. The summed E-state index contributed by atoms with van der Waals surface area (Å²) in [7, 11) is 0. The van der Waals surface area contributed by atoms with Crippen molar-refractivity contribution in [1.29, 1.82) is 0 Å². The molecule has 2 aromatic heterocycles. The number of nitrogens with two attached hydrogens (primary N) is 1. The lowest BCUT2D eigenvalue weighted by Crippen LogP contribution is -2.41. The average Bonchev–Trinajstić information content (AvgIpc) is 3.50. The number of H-pyrrole nitrogens is 1. The van der Waals surface area contributed by atoms with Gasteiger partial charge in [-0.05, 0) is 49.7 Å². The fourth-order valence-electron chi connectivity index (χ4n) is 5.75. The molecule has 0 bridgehead atoms. The Morgan fingerprint density at radius 3 is 2.68 bits per heavy atom. The lowest BCUT2D eigenvalue weighted by molar-refractivity contribution is -0.126. The highest BCUT2D eigenvalue weighted by atomic mass is 16.3. The molecule has 2 fully saturated rings. The van der Waals surface area contributed by atoms with Crippen molar-refractivity contribution in [2.45, 2.75) is 44.6 Å². The summed E-state index contributed by atoms with van der Waals surface area (Å²) < 4.78 is 0. The predicted octanol–water partition coefficient (Wildman–Crippen LogP) is 3.58. The molecule has 1 aliphatic heterocycles. The number of nitrogens with one attached hydrogen (secondary N) is 1. The Morgan fingerprint density at radius 2 is 1.97 bits per heavy atom. The largest absolute Gasteiger partial charge is 0.394 e. The first-order valence-electron chi connectivity index (χ1n) is 12.0. The normalized spacial score (nSPS) is 22.6. The minimum atomic E-state index is -0.786. The number of anilines is 1. The van der Waals surface area contributed by atoms with Crippen LogP contribution in [0.15, 0.2) is 48.5 Å². The van der Waals surface area contributed by atoms with Crippen LogP contribution in [-0.2, 0) is 11.2 Å². The fourth-order valence-corrected chi connectivity index (χ4v) is 5.75. The van der Waals surface area contributed by atoms with Gasteiger partial charge in [0.2, 0.25) is 5.91 Å². The fraction of sp³-hybridized carbons (Fsp3) is 0.370. The first kappa shape index (κ1) is 21.1. The molecule has 174 valence electrons. The number of aryl methyl sites for hydroxylation is 1. The second-order valence-electron chi connectivity index (χ2n) is 9.96. The molecular formula is C27H29N5O2. The van der Waals surface area contributed by atoms with E-state index < -0.39 is 5.41 Å². The summed E-state index contributed by atoms with van der Waals surface area (Å²) >= 11 is 0. The molecule has 0 radical (unpaired) electrons. The molecule has 7 nitrogen and oxygen atoms in total. The van der Waals surface area contributed by atoms with E-state index in [1.165, 1.54) is 18.4 Å². The number of hydrogen-bond donors (Lipinski definition) is 3. The number of carbonyl (C=O) groups excluding carboxylic acids is 1. The van der Waals surface area contributed by atoms with Crippen molar-refractivity contribution in [3.8, 4) is 0 Å². The van der Waals surface area contributed by atoms with Crippen LogP contribution in [0.3, 0.4) is 0 Å². The molecule has 4 N–H and O–H groups in total. The summed E-state index contributed by atoms with van der Waals surface area (Å²) in [6.07, 6.45) is 3.44. The Labute approximate surface area is 198 Å². The van der Waals surface area contributed by atoms with Crippen molar-refractivity contribution < 1.29 is 9.90 Å². The number of benzene rings is 2. The van der Waals surface area contributed by atoms with E-state index in [0.717, 1.165) is 33.3 Å². The molecule has 6 rings (SSSR count). The van der Waals surface area contributed by atoms with Crippen molar-refractivity contribution in [2.24, 2.45) is 11.1 Å². The number of rotatable bonds is 6. The van der Waals surface area contributed by atoms with E-state index in [9.17, 15) is 9.90 Å². The van der Waals surface area contributed by atoms with Gasteiger partial charge in [-0.2, -0.15) is 0 Å². The van der Waals surface area contributed by atoms with Crippen LogP contribution in [0.4, 0.5) is 5.82 Å². The summed E-state index contributed by atoms with van der Waals surface area (Å²) in [4.78, 5) is 28.1. The average molecular weight is 456 g/mol. The second kappa shape index (κ2) is 7.81. The van der Waals surface area contributed by atoms with E-state index >= 15 is 0 Å². The highest BCUT2D eigenvalue weighted by Gasteiger charge is 2.49. The van der Waals surface area contributed by atoms with Gasteiger partial charge in [-0.3, -0.25) is 4.79 Å². The minimum Gasteiger partial charge on any atom is -0.394 e. The first-order valence-corrected chi connectivity index (χ1v) is 12.0. The van der Waals surface area contributed by atoms with E-state index in [1.54, 1.807) is 0 Å². The van der Waals surface area contributed by atoms with Crippen LogP contribution >= 0.6 is 0 Å². The number of aliphatic hydroxyl groups excluding tert-OH is 1. The zero-order chi connectivity index (χ0) is 23.4. The van der Waals surface area contributed by atoms with Crippen molar-refractivity contribution in [2.75, 3.05) is 18.1 Å². The lowest BCUT2D eigenvalue weighted by Gasteiger charge is -2.27. The second-order valence-corrected chi connectivity index (χ2v) is 9.96. The van der Waals surface area contributed by atoms with Gasteiger partial charge in [0.25, 0.3) is 0 Å². The number of aliphatic hydroxyl groups is 1. The van der Waals surface area contributed by atoms with Crippen molar-refractivity contribution in [1.82, 2.24) is 15.0 Å². The third kappa shape index (κ3) is 3.34. The molecule has 0 spiro atoms. The molecule has 3 heterocycles. The summed E-state index contributed by atoms with van der Waals surface area (Å²) in [5.74, 6) is 1.67. The minimum absolute atomic E-state index is 0.0793.